The van der Waals surface area contributed by atoms with Gasteiger partial charge < -0.3 is 0 Å². The molecule has 2 aliphatic carbocycles. The quantitative estimate of drug-likeness (QED) is 0.687. The van der Waals surface area contributed by atoms with Gasteiger partial charge in [-0.25, -0.2) is 0 Å². The van der Waals surface area contributed by atoms with E-state index in [9.17, 15) is 4.79 Å². The maximum Gasteiger partial charge on any atom is 0.132 e. The van der Waals surface area contributed by atoms with Crippen LogP contribution in [-0.4, -0.2) is 5.78 Å². The van der Waals surface area contributed by atoms with Crippen LogP contribution in [0.15, 0.2) is 0 Å². The summed E-state index contributed by atoms with van der Waals surface area (Å²) in [6.45, 7) is 4.78. The molecule has 0 radical (unpaired) electrons. The third-order valence-electron chi connectivity index (χ3n) is 5.66. The fourth-order valence-electron chi connectivity index (χ4n) is 4.28. The Labute approximate surface area is 113 Å². The molecule has 2 rings (SSSR count). The topological polar surface area (TPSA) is 17.1 Å². The lowest BCUT2D eigenvalue weighted by atomic mass is 9.68. The smallest absolute Gasteiger partial charge is 0.132 e. The van der Waals surface area contributed by atoms with E-state index in [4.69, 9.17) is 0 Å². The summed E-state index contributed by atoms with van der Waals surface area (Å²) in [5.74, 6) is 4.18. The molecule has 0 aromatic rings. The molecule has 1 atom stereocenters. The Morgan fingerprint density at radius 3 is 2.11 bits per heavy atom. The monoisotopic (exact) mass is 250 g/mol. The molecule has 0 spiro atoms. The van der Waals surface area contributed by atoms with Crippen LogP contribution in [0.4, 0.5) is 0 Å². The fraction of sp³-hybridized carbons (Fsp3) is 0.941. The molecule has 0 aromatic heterocycles. The van der Waals surface area contributed by atoms with Gasteiger partial charge in [0.1, 0.15) is 5.78 Å². The highest BCUT2D eigenvalue weighted by Gasteiger charge is 2.31. The molecular formula is C17H30O. The van der Waals surface area contributed by atoms with Gasteiger partial charge in [0.05, 0.1) is 0 Å². The zero-order chi connectivity index (χ0) is 13.0. The van der Waals surface area contributed by atoms with Gasteiger partial charge in [0.25, 0.3) is 0 Å². The highest BCUT2D eigenvalue weighted by Crippen LogP contribution is 2.41. The zero-order valence-corrected chi connectivity index (χ0v) is 12.3. The Bertz CT molecular complexity index is 253. The zero-order valence-electron chi connectivity index (χ0n) is 12.3. The summed E-state index contributed by atoms with van der Waals surface area (Å²) in [6.07, 6.45) is 12.7. The minimum Gasteiger partial charge on any atom is -0.300 e. The first-order valence-electron chi connectivity index (χ1n) is 8.22. The third-order valence-corrected chi connectivity index (χ3v) is 5.66. The largest absolute Gasteiger partial charge is 0.300 e. The Balaban J connectivity index is 1.76. The average molecular weight is 250 g/mol. The van der Waals surface area contributed by atoms with Gasteiger partial charge in [-0.05, 0) is 49.4 Å². The number of carbonyl (C=O) groups is 1. The van der Waals surface area contributed by atoms with Crippen molar-refractivity contribution in [3.63, 3.8) is 0 Å². The van der Waals surface area contributed by atoms with Crippen molar-refractivity contribution in [3.8, 4) is 0 Å². The van der Waals surface area contributed by atoms with Gasteiger partial charge in [0, 0.05) is 12.8 Å². The van der Waals surface area contributed by atoms with Gasteiger partial charge in [-0.2, -0.15) is 0 Å². The predicted octanol–water partition coefficient (Wildman–Crippen LogP) is 4.99. The average Bonchev–Trinajstić information content (AvgIpc) is 2.40. The van der Waals surface area contributed by atoms with E-state index in [2.05, 4.69) is 13.8 Å². The van der Waals surface area contributed by atoms with Crippen molar-refractivity contribution in [1.82, 2.24) is 0 Å². The molecule has 104 valence electrons. The van der Waals surface area contributed by atoms with Crippen LogP contribution < -0.4 is 0 Å². The van der Waals surface area contributed by atoms with Gasteiger partial charge in [-0.1, -0.05) is 39.5 Å². The molecule has 2 saturated carbocycles. The molecule has 1 unspecified atom stereocenters. The summed E-state index contributed by atoms with van der Waals surface area (Å²) in [6, 6.07) is 0. The molecule has 0 heterocycles. The molecule has 1 heteroatoms. The first kappa shape index (κ1) is 14.1. The number of hydrogen-bond donors (Lipinski definition) is 0. The van der Waals surface area contributed by atoms with Gasteiger partial charge in [0.15, 0.2) is 0 Å². The lowest BCUT2D eigenvalue weighted by molar-refractivity contribution is -0.121. The number of Topliss-reactive ketones (excluding diaryl/α,β-unsaturated/α-hetero) is 1. The van der Waals surface area contributed by atoms with Crippen LogP contribution in [0.1, 0.15) is 78.1 Å². The minimum atomic E-state index is 0.505. The van der Waals surface area contributed by atoms with Gasteiger partial charge in [-0.15, -0.1) is 0 Å². The van der Waals surface area contributed by atoms with Crippen molar-refractivity contribution in [3.05, 3.63) is 0 Å². The number of ketones is 1. The lowest BCUT2D eigenvalue weighted by Crippen LogP contribution is -2.28. The molecule has 0 aliphatic heterocycles. The van der Waals surface area contributed by atoms with Crippen molar-refractivity contribution in [2.75, 3.05) is 0 Å². The minimum absolute atomic E-state index is 0.505. The van der Waals surface area contributed by atoms with E-state index in [-0.39, 0.29) is 0 Å². The summed E-state index contributed by atoms with van der Waals surface area (Å²) in [7, 11) is 0. The SMILES string of the molecule is CCCC1CCC(C(C)C2CCC(=O)CC2)CC1. The van der Waals surface area contributed by atoms with Crippen molar-refractivity contribution in [2.45, 2.75) is 78.1 Å². The van der Waals surface area contributed by atoms with Gasteiger partial charge >= 0.3 is 0 Å². The van der Waals surface area contributed by atoms with Crippen molar-refractivity contribution >= 4 is 5.78 Å². The maximum absolute atomic E-state index is 11.3. The maximum atomic E-state index is 11.3. The first-order valence-corrected chi connectivity index (χ1v) is 8.22. The molecule has 0 amide bonds. The third kappa shape index (κ3) is 3.59. The fourth-order valence-corrected chi connectivity index (χ4v) is 4.28. The molecule has 0 N–H and O–H groups in total. The van der Waals surface area contributed by atoms with Crippen molar-refractivity contribution < 1.29 is 4.79 Å². The summed E-state index contributed by atoms with van der Waals surface area (Å²) < 4.78 is 0. The Kier molecular flexibility index (Phi) is 5.26. The van der Waals surface area contributed by atoms with Crippen LogP contribution in [0, 0.1) is 23.7 Å². The van der Waals surface area contributed by atoms with Gasteiger partial charge in [-0.3, -0.25) is 4.79 Å². The molecule has 18 heavy (non-hydrogen) atoms. The van der Waals surface area contributed by atoms with E-state index in [0.29, 0.717) is 5.78 Å². The van der Waals surface area contributed by atoms with Gasteiger partial charge in [0.2, 0.25) is 0 Å². The van der Waals surface area contributed by atoms with Crippen LogP contribution >= 0.6 is 0 Å². The van der Waals surface area contributed by atoms with Crippen LogP contribution in [0.25, 0.3) is 0 Å². The van der Waals surface area contributed by atoms with E-state index in [1.165, 1.54) is 51.4 Å². The number of rotatable bonds is 4. The number of carbonyl (C=O) groups excluding carboxylic acids is 1. The summed E-state index contributed by atoms with van der Waals surface area (Å²) in [5, 5.41) is 0. The second kappa shape index (κ2) is 6.73. The second-order valence-electron chi connectivity index (χ2n) is 6.80. The van der Waals surface area contributed by atoms with Crippen LogP contribution in [0.5, 0.6) is 0 Å². The molecule has 0 aromatic carbocycles. The first-order chi connectivity index (χ1) is 8.70. The van der Waals surface area contributed by atoms with E-state index in [1.807, 2.05) is 0 Å². The molecule has 0 bridgehead atoms. The highest BCUT2D eigenvalue weighted by atomic mass is 16.1. The molecular weight excluding hydrogens is 220 g/mol. The molecule has 2 aliphatic rings. The standard InChI is InChI=1S/C17H30O/c1-3-4-14-5-7-15(8-6-14)13(2)16-9-11-17(18)12-10-16/h13-16H,3-12H2,1-2H3. The Hall–Kier alpha value is -0.330. The predicted molar refractivity (Wildman–Crippen MR) is 76.5 cm³/mol. The summed E-state index contributed by atoms with van der Waals surface area (Å²) in [4.78, 5) is 11.3. The van der Waals surface area contributed by atoms with Crippen LogP contribution in [0.2, 0.25) is 0 Å². The number of hydrogen-bond acceptors (Lipinski definition) is 1. The normalized spacial score (nSPS) is 32.4. The van der Waals surface area contributed by atoms with Crippen molar-refractivity contribution in [1.29, 1.82) is 0 Å². The van der Waals surface area contributed by atoms with E-state index < -0.39 is 0 Å². The Morgan fingerprint density at radius 2 is 1.56 bits per heavy atom. The Morgan fingerprint density at radius 1 is 1.00 bits per heavy atom. The van der Waals surface area contributed by atoms with Crippen molar-refractivity contribution in [2.24, 2.45) is 23.7 Å². The van der Waals surface area contributed by atoms with E-state index >= 15 is 0 Å². The lowest BCUT2D eigenvalue weighted by Gasteiger charge is -2.37. The molecule has 0 saturated heterocycles. The second-order valence-corrected chi connectivity index (χ2v) is 6.80. The van der Waals surface area contributed by atoms with Crippen LogP contribution in [-0.2, 0) is 4.79 Å². The van der Waals surface area contributed by atoms with Crippen LogP contribution in [0.3, 0.4) is 0 Å². The summed E-state index contributed by atoms with van der Waals surface area (Å²) >= 11 is 0. The highest BCUT2D eigenvalue weighted by molar-refractivity contribution is 5.79. The molecule has 1 nitrogen and oxygen atoms in total. The van der Waals surface area contributed by atoms with E-state index in [1.54, 1.807) is 0 Å². The molecule has 2 fully saturated rings. The van der Waals surface area contributed by atoms with E-state index in [0.717, 1.165) is 36.5 Å². The summed E-state index contributed by atoms with van der Waals surface area (Å²) in [5.41, 5.74) is 0.